The highest BCUT2D eigenvalue weighted by Crippen LogP contribution is 2.34. The molecule has 3 heterocycles. The number of piperazine rings is 1. The second-order valence-corrected chi connectivity index (χ2v) is 10.1. The fourth-order valence-corrected chi connectivity index (χ4v) is 5.53. The van der Waals surface area contributed by atoms with Crippen molar-refractivity contribution in [3.63, 3.8) is 0 Å². The van der Waals surface area contributed by atoms with Gasteiger partial charge in [0.25, 0.3) is 11.1 Å². The molecule has 0 atom stereocenters. The second kappa shape index (κ2) is 8.73. The Kier molecular flexibility index (Phi) is 6.07. The molecule has 2 saturated heterocycles. The Morgan fingerprint density at radius 3 is 2.41 bits per heavy atom. The average molecular weight is 492 g/mol. The summed E-state index contributed by atoms with van der Waals surface area (Å²) >= 11 is 5.75. The van der Waals surface area contributed by atoms with Crippen LogP contribution in [0.1, 0.15) is 4.88 Å². The van der Waals surface area contributed by atoms with Crippen molar-refractivity contribution in [1.82, 2.24) is 9.80 Å². The number of nitrogens with zero attached hydrogens (tertiary/aromatic N) is 3. The molecular formula is C20H18BrN3O3S2. The molecule has 0 radical (unpaired) electrons. The first kappa shape index (κ1) is 20.2. The third-order valence-corrected chi connectivity index (χ3v) is 7.27. The van der Waals surface area contributed by atoms with E-state index in [0.717, 1.165) is 44.1 Å². The van der Waals surface area contributed by atoms with Crippen molar-refractivity contribution in [1.29, 1.82) is 0 Å². The SMILES string of the molecule is O=C(CN1C(=O)SC(=Cc2ccc(Br)s2)C1=O)N1CCN(c2ccccc2)CC1. The standard InChI is InChI=1S/C20H18BrN3O3S2/c21-17-7-6-15(28-17)12-16-19(26)24(20(27)29-16)13-18(25)23-10-8-22(9-11-23)14-4-2-1-3-5-14/h1-7,12H,8-11,13H2. The van der Waals surface area contributed by atoms with Crippen molar-refractivity contribution in [3.8, 4) is 0 Å². The van der Waals surface area contributed by atoms with E-state index in [-0.39, 0.29) is 12.5 Å². The quantitative estimate of drug-likeness (QED) is 0.607. The van der Waals surface area contributed by atoms with Gasteiger partial charge in [-0.15, -0.1) is 11.3 Å². The molecule has 29 heavy (non-hydrogen) atoms. The normalized spacial score (nSPS) is 18.8. The summed E-state index contributed by atoms with van der Waals surface area (Å²) in [4.78, 5) is 43.8. The van der Waals surface area contributed by atoms with Crippen molar-refractivity contribution >= 4 is 67.8 Å². The van der Waals surface area contributed by atoms with Crippen molar-refractivity contribution in [3.05, 3.63) is 56.0 Å². The number of carbonyl (C=O) groups is 3. The topological polar surface area (TPSA) is 60.9 Å². The van der Waals surface area contributed by atoms with Crippen molar-refractivity contribution in [2.75, 3.05) is 37.6 Å². The minimum atomic E-state index is -0.402. The molecule has 2 aliphatic heterocycles. The van der Waals surface area contributed by atoms with Crippen LogP contribution >= 0.6 is 39.0 Å². The van der Waals surface area contributed by atoms with E-state index in [0.29, 0.717) is 18.0 Å². The third-order valence-electron chi connectivity index (χ3n) is 4.79. The number of imide groups is 1. The lowest BCUT2D eigenvalue weighted by Gasteiger charge is -2.36. The molecule has 3 amide bonds. The number of thiophene rings is 1. The van der Waals surface area contributed by atoms with Crippen molar-refractivity contribution in [2.45, 2.75) is 0 Å². The van der Waals surface area contributed by atoms with Crippen LogP contribution in [0.2, 0.25) is 0 Å². The summed E-state index contributed by atoms with van der Waals surface area (Å²) in [5.74, 6) is -0.596. The van der Waals surface area contributed by atoms with Crippen LogP contribution in [-0.2, 0) is 9.59 Å². The molecule has 1 aromatic carbocycles. The number of hydrogen-bond donors (Lipinski definition) is 0. The highest BCUT2D eigenvalue weighted by Gasteiger charge is 2.37. The number of carbonyl (C=O) groups excluding carboxylic acids is 3. The number of thioether (sulfide) groups is 1. The Morgan fingerprint density at radius 1 is 1.03 bits per heavy atom. The summed E-state index contributed by atoms with van der Waals surface area (Å²) in [6.07, 6.45) is 1.70. The summed E-state index contributed by atoms with van der Waals surface area (Å²) < 4.78 is 0.952. The average Bonchev–Trinajstić information content (AvgIpc) is 3.26. The highest BCUT2D eigenvalue weighted by atomic mass is 79.9. The van der Waals surface area contributed by atoms with E-state index in [9.17, 15) is 14.4 Å². The number of anilines is 1. The highest BCUT2D eigenvalue weighted by molar-refractivity contribution is 9.11. The zero-order valence-corrected chi connectivity index (χ0v) is 18.6. The van der Waals surface area contributed by atoms with Crippen LogP contribution in [0.25, 0.3) is 6.08 Å². The Balaban J connectivity index is 1.35. The molecule has 1 aromatic heterocycles. The first-order valence-corrected chi connectivity index (χ1v) is 11.5. The van der Waals surface area contributed by atoms with Gasteiger partial charge in [0.05, 0.1) is 8.69 Å². The fraction of sp³-hybridized carbons (Fsp3) is 0.250. The molecule has 9 heteroatoms. The lowest BCUT2D eigenvalue weighted by molar-refractivity contribution is -0.136. The summed E-state index contributed by atoms with van der Waals surface area (Å²) in [6, 6.07) is 13.8. The first-order valence-electron chi connectivity index (χ1n) is 9.10. The number of rotatable bonds is 4. The van der Waals surface area contributed by atoms with Gasteiger partial charge < -0.3 is 9.80 Å². The van der Waals surface area contributed by atoms with E-state index in [2.05, 4.69) is 33.0 Å². The third kappa shape index (κ3) is 4.57. The van der Waals surface area contributed by atoms with Gasteiger partial charge in [-0.25, -0.2) is 0 Å². The van der Waals surface area contributed by atoms with Crippen LogP contribution in [0.5, 0.6) is 0 Å². The molecule has 0 N–H and O–H groups in total. The lowest BCUT2D eigenvalue weighted by atomic mass is 10.2. The molecule has 0 spiro atoms. The largest absolute Gasteiger partial charge is 0.368 e. The number of para-hydroxylation sites is 1. The van der Waals surface area contributed by atoms with Gasteiger partial charge in [0.2, 0.25) is 5.91 Å². The second-order valence-electron chi connectivity index (χ2n) is 6.61. The molecular weight excluding hydrogens is 474 g/mol. The Morgan fingerprint density at radius 2 is 1.76 bits per heavy atom. The summed E-state index contributed by atoms with van der Waals surface area (Å²) in [7, 11) is 0. The predicted octanol–water partition coefficient (Wildman–Crippen LogP) is 3.90. The van der Waals surface area contributed by atoms with Gasteiger partial charge in [-0.3, -0.25) is 19.3 Å². The van der Waals surface area contributed by atoms with Gasteiger partial charge in [0.1, 0.15) is 6.54 Å². The number of halogens is 1. The number of hydrogen-bond acceptors (Lipinski definition) is 6. The molecule has 150 valence electrons. The monoisotopic (exact) mass is 491 g/mol. The summed E-state index contributed by atoms with van der Waals surface area (Å²) in [6.45, 7) is 2.39. The van der Waals surface area contributed by atoms with E-state index in [1.54, 1.807) is 11.0 Å². The van der Waals surface area contributed by atoms with E-state index in [1.807, 2.05) is 30.3 Å². The van der Waals surface area contributed by atoms with Crippen LogP contribution < -0.4 is 4.90 Å². The van der Waals surface area contributed by atoms with Gasteiger partial charge in [-0.2, -0.15) is 0 Å². The van der Waals surface area contributed by atoms with E-state index < -0.39 is 11.1 Å². The number of benzene rings is 1. The van der Waals surface area contributed by atoms with E-state index in [1.165, 1.54) is 11.3 Å². The first-order chi connectivity index (χ1) is 14.0. The molecule has 0 saturated carbocycles. The smallest absolute Gasteiger partial charge is 0.294 e. The maximum atomic E-state index is 12.7. The Hall–Kier alpha value is -2.10. The fourth-order valence-electron chi connectivity index (χ4n) is 3.26. The van der Waals surface area contributed by atoms with Gasteiger partial charge in [-0.05, 0) is 58.0 Å². The molecule has 0 unspecified atom stereocenters. The predicted molar refractivity (Wildman–Crippen MR) is 120 cm³/mol. The van der Waals surface area contributed by atoms with Crippen LogP contribution in [-0.4, -0.2) is 59.6 Å². The van der Waals surface area contributed by atoms with Gasteiger partial charge in [-0.1, -0.05) is 18.2 Å². The molecule has 0 aliphatic carbocycles. The minimum absolute atomic E-state index is 0.194. The van der Waals surface area contributed by atoms with Crippen LogP contribution in [0, 0.1) is 0 Å². The summed E-state index contributed by atoms with van der Waals surface area (Å²) in [5.41, 5.74) is 1.14. The zero-order chi connectivity index (χ0) is 20.4. The minimum Gasteiger partial charge on any atom is -0.368 e. The van der Waals surface area contributed by atoms with Gasteiger partial charge >= 0.3 is 0 Å². The van der Waals surface area contributed by atoms with Crippen molar-refractivity contribution in [2.24, 2.45) is 0 Å². The molecule has 4 rings (SSSR count). The van der Waals surface area contributed by atoms with Gasteiger partial charge in [0, 0.05) is 36.7 Å². The van der Waals surface area contributed by atoms with Crippen LogP contribution in [0.4, 0.5) is 10.5 Å². The number of amides is 3. The van der Waals surface area contributed by atoms with E-state index in [4.69, 9.17) is 0 Å². The molecule has 2 aliphatic rings. The molecule has 6 nitrogen and oxygen atoms in total. The molecule has 2 aromatic rings. The Bertz CT molecular complexity index is 968. The summed E-state index contributed by atoms with van der Waals surface area (Å²) in [5, 5.41) is -0.395. The van der Waals surface area contributed by atoms with Gasteiger partial charge in [0.15, 0.2) is 0 Å². The van der Waals surface area contributed by atoms with Crippen LogP contribution in [0.3, 0.4) is 0 Å². The lowest BCUT2D eigenvalue weighted by Crippen LogP contribution is -2.51. The van der Waals surface area contributed by atoms with Crippen LogP contribution in [0.15, 0.2) is 51.2 Å². The van der Waals surface area contributed by atoms with Crippen molar-refractivity contribution < 1.29 is 14.4 Å². The Labute approximate surface area is 185 Å². The molecule has 2 fully saturated rings. The maximum absolute atomic E-state index is 12.7. The zero-order valence-electron chi connectivity index (χ0n) is 15.4. The molecule has 0 bridgehead atoms. The maximum Gasteiger partial charge on any atom is 0.294 e. The van der Waals surface area contributed by atoms with E-state index >= 15 is 0 Å².